The Hall–Kier alpha value is -5.12. The molecule has 37 heavy (non-hydrogen) atoms. The van der Waals surface area contributed by atoms with Crippen molar-refractivity contribution in [2.75, 3.05) is 12.4 Å². The molecule has 1 aliphatic rings. The number of nitrogens with zero attached hydrogens (tertiary/aromatic N) is 2. The van der Waals surface area contributed by atoms with Crippen molar-refractivity contribution in [1.82, 2.24) is 14.8 Å². The first-order chi connectivity index (χ1) is 17.9. The van der Waals surface area contributed by atoms with E-state index in [1.54, 1.807) is 29.0 Å². The van der Waals surface area contributed by atoms with Crippen LogP contribution >= 0.6 is 0 Å². The lowest BCUT2D eigenvalue weighted by Gasteiger charge is -2.09. The number of hydrogen-bond acceptors (Lipinski definition) is 6. The van der Waals surface area contributed by atoms with Crippen molar-refractivity contribution in [1.29, 1.82) is 0 Å². The Morgan fingerprint density at radius 3 is 2.57 bits per heavy atom. The molecule has 186 valence electrons. The summed E-state index contributed by atoms with van der Waals surface area (Å²) < 4.78 is 11.8. The summed E-state index contributed by atoms with van der Waals surface area (Å²) in [5.74, 6) is -1.17. The van der Waals surface area contributed by atoms with Crippen molar-refractivity contribution in [3.05, 3.63) is 95.7 Å². The molecule has 3 heterocycles. The summed E-state index contributed by atoms with van der Waals surface area (Å²) >= 11 is 0. The number of benzene rings is 2. The average Bonchev–Trinajstić information content (AvgIpc) is 3.58. The molecule has 2 aromatic carbocycles. The molecule has 10 nitrogen and oxygen atoms in total. The second-order valence-corrected chi connectivity index (χ2v) is 8.28. The number of rotatable bonds is 7. The standard InChI is InChI=1S/C27H22N4O6/c1-36-26(34)23-12-11-19(37-23)15-31-25(33)21(29-27(31)35)13-17-14-30(22-10-6-5-9-20(17)22)16-24(32)28-18-7-3-2-4-8-18/h2-14H,15-16H2,1H3,(H,28,32)(H,29,35)/b21-13-. The number of ether oxygens (including phenoxy) is 1. The highest BCUT2D eigenvalue weighted by Gasteiger charge is 2.34. The van der Waals surface area contributed by atoms with Crippen LogP contribution in [-0.2, 0) is 27.4 Å². The Morgan fingerprint density at radius 1 is 1.03 bits per heavy atom. The van der Waals surface area contributed by atoms with Crippen LogP contribution in [-0.4, -0.2) is 40.4 Å². The van der Waals surface area contributed by atoms with Crippen molar-refractivity contribution in [3.63, 3.8) is 0 Å². The Bertz CT molecular complexity index is 1550. The van der Waals surface area contributed by atoms with Gasteiger partial charge < -0.3 is 24.4 Å². The molecule has 1 aliphatic heterocycles. The third-order valence-electron chi connectivity index (χ3n) is 5.82. The fraction of sp³-hybridized carbons (Fsp3) is 0.111. The largest absolute Gasteiger partial charge is 0.463 e. The molecule has 0 aliphatic carbocycles. The number of nitrogens with one attached hydrogen (secondary N) is 2. The number of carbonyl (C=O) groups excluding carboxylic acids is 4. The maximum Gasteiger partial charge on any atom is 0.373 e. The zero-order valence-corrected chi connectivity index (χ0v) is 19.8. The first-order valence-electron chi connectivity index (χ1n) is 11.4. The van der Waals surface area contributed by atoms with Gasteiger partial charge in [0.15, 0.2) is 0 Å². The Morgan fingerprint density at radius 2 is 1.78 bits per heavy atom. The minimum absolute atomic E-state index is 0.0237. The molecule has 0 bridgehead atoms. The highest BCUT2D eigenvalue weighted by atomic mass is 16.5. The van der Waals surface area contributed by atoms with Crippen LogP contribution in [0.3, 0.4) is 0 Å². The van der Waals surface area contributed by atoms with Gasteiger partial charge in [-0.3, -0.25) is 14.5 Å². The van der Waals surface area contributed by atoms with Crippen LogP contribution in [0.2, 0.25) is 0 Å². The molecule has 4 aromatic rings. The molecule has 0 unspecified atom stereocenters. The summed E-state index contributed by atoms with van der Waals surface area (Å²) in [7, 11) is 1.23. The van der Waals surface area contributed by atoms with E-state index in [9.17, 15) is 19.2 Å². The number of urea groups is 1. The topological polar surface area (TPSA) is 123 Å². The molecule has 4 amide bonds. The van der Waals surface area contributed by atoms with Crippen LogP contribution in [0.5, 0.6) is 0 Å². The molecule has 5 rings (SSSR count). The minimum Gasteiger partial charge on any atom is -0.463 e. The van der Waals surface area contributed by atoms with Crippen LogP contribution in [0, 0.1) is 0 Å². The van der Waals surface area contributed by atoms with E-state index in [1.165, 1.54) is 19.2 Å². The van der Waals surface area contributed by atoms with Crippen LogP contribution in [0.15, 0.2) is 83.0 Å². The molecule has 2 N–H and O–H groups in total. The second kappa shape index (κ2) is 9.86. The fourth-order valence-electron chi connectivity index (χ4n) is 4.10. The van der Waals surface area contributed by atoms with Gasteiger partial charge in [-0.05, 0) is 36.4 Å². The summed E-state index contributed by atoms with van der Waals surface area (Å²) in [6, 6.07) is 18.9. The summed E-state index contributed by atoms with van der Waals surface area (Å²) in [6.07, 6.45) is 3.34. The highest BCUT2D eigenvalue weighted by molar-refractivity contribution is 6.14. The van der Waals surface area contributed by atoms with Crippen molar-refractivity contribution in [2.45, 2.75) is 13.1 Å². The van der Waals surface area contributed by atoms with E-state index in [0.29, 0.717) is 11.3 Å². The van der Waals surface area contributed by atoms with Gasteiger partial charge in [-0.15, -0.1) is 0 Å². The summed E-state index contributed by atoms with van der Waals surface area (Å²) in [5.41, 5.74) is 2.25. The van der Waals surface area contributed by atoms with Crippen LogP contribution in [0.4, 0.5) is 10.5 Å². The number of anilines is 1. The van der Waals surface area contributed by atoms with Crippen molar-refractivity contribution >= 4 is 46.5 Å². The number of furan rings is 1. The second-order valence-electron chi connectivity index (χ2n) is 8.28. The number of fused-ring (bicyclic) bond motifs is 1. The predicted octanol–water partition coefficient (Wildman–Crippen LogP) is 3.75. The van der Waals surface area contributed by atoms with Gasteiger partial charge in [0.1, 0.15) is 18.0 Å². The van der Waals surface area contributed by atoms with Crippen molar-refractivity contribution in [2.24, 2.45) is 0 Å². The van der Waals surface area contributed by atoms with Gasteiger partial charge in [0.2, 0.25) is 11.7 Å². The van der Waals surface area contributed by atoms with E-state index in [4.69, 9.17) is 4.42 Å². The van der Waals surface area contributed by atoms with E-state index < -0.39 is 17.9 Å². The van der Waals surface area contributed by atoms with Gasteiger partial charge in [0.05, 0.1) is 13.7 Å². The number of carbonyl (C=O) groups is 4. The monoisotopic (exact) mass is 498 g/mol. The lowest BCUT2D eigenvalue weighted by molar-refractivity contribution is -0.123. The summed E-state index contributed by atoms with van der Waals surface area (Å²) in [4.78, 5) is 50.8. The number of para-hydroxylation sites is 2. The maximum atomic E-state index is 13.0. The molecule has 0 radical (unpaired) electrons. The molecule has 1 saturated heterocycles. The Labute approximate surface area is 211 Å². The van der Waals surface area contributed by atoms with E-state index in [0.717, 1.165) is 15.8 Å². The normalized spacial score (nSPS) is 14.3. The van der Waals surface area contributed by atoms with Crippen molar-refractivity contribution in [3.8, 4) is 0 Å². The number of amides is 4. The molecule has 2 aromatic heterocycles. The molecule has 10 heteroatoms. The minimum atomic E-state index is -0.655. The summed E-state index contributed by atoms with van der Waals surface area (Å²) in [6.45, 7) is -0.0908. The van der Waals surface area contributed by atoms with Crippen molar-refractivity contribution < 1.29 is 28.3 Å². The van der Waals surface area contributed by atoms with E-state index in [2.05, 4.69) is 15.4 Å². The van der Waals surface area contributed by atoms with Crippen LogP contribution in [0.25, 0.3) is 17.0 Å². The van der Waals surface area contributed by atoms with Gasteiger partial charge in [-0.25, -0.2) is 9.59 Å². The van der Waals surface area contributed by atoms with Gasteiger partial charge in [-0.2, -0.15) is 0 Å². The Balaban J connectivity index is 1.37. The number of esters is 1. The van der Waals surface area contributed by atoms with E-state index in [1.807, 2.05) is 42.5 Å². The third kappa shape index (κ3) is 4.85. The number of aromatic nitrogens is 1. The molecule has 0 saturated carbocycles. The third-order valence-corrected chi connectivity index (χ3v) is 5.82. The van der Waals surface area contributed by atoms with Gasteiger partial charge in [0.25, 0.3) is 5.91 Å². The van der Waals surface area contributed by atoms with Crippen LogP contribution < -0.4 is 10.6 Å². The quantitative estimate of drug-likeness (QED) is 0.227. The predicted molar refractivity (Wildman–Crippen MR) is 134 cm³/mol. The number of methoxy groups -OCH3 is 1. The zero-order valence-electron chi connectivity index (χ0n) is 19.8. The molecular weight excluding hydrogens is 476 g/mol. The fourth-order valence-corrected chi connectivity index (χ4v) is 4.10. The number of hydrogen-bond donors (Lipinski definition) is 2. The van der Waals surface area contributed by atoms with Crippen LogP contribution in [0.1, 0.15) is 21.9 Å². The first-order valence-corrected chi connectivity index (χ1v) is 11.4. The SMILES string of the molecule is COC(=O)c1ccc(CN2C(=O)N/C(=C\c3cn(CC(=O)Nc4ccccc4)c4ccccc34)C2=O)o1. The molecule has 0 spiro atoms. The molecular formula is C27H22N4O6. The Kier molecular flexibility index (Phi) is 6.29. The zero-order chi connectivity index (χ0) is 25.9. The van der Waals surface area contributed by atoms with E-state index in [-0.39, 0.29) is 36.2 Å². The van der Waals surface area contributed by atoms with Gasteiger partial charge >= 0.3 is 12.0 Å². The average molecular weight is 498 g/mol. The van der Waals surface area contributed by atoms with Gasteiger partial charge in [0, 0.05) is 28.4 Å². The highest BCUT2D eigenvalue weighted by Crippen LogP contribution is 2.25. The molecule has 0 atom stereocenters. The van der Waals surface area contributed by atoms with E-state index >= 15 is 0 Å². The lowest BCUT2D eigenvalue weighted by atomic mass is 10.1. The first kappa shape index (κ1) is 23.6. The van der Waals surface area contributed by atoms with Gasteiger partial charge in [-0.1, -0.05) is 36.4 Å². The smallest absolute Gasteiger partial charge is 0.373 e. The lowest BCUT2D eigenvalue weighted by Crippen LogP contribution is -2.30. The molecule has 1 fully saturated rings. The summed E-state index contributed by atoms with van der Waals surface area (Å²) in [5, 5.41) is 6.26. The number of imide groups is 1. The maximum absolute atomic E-state index is 13.0.